The lowest BCUT2D eigenvalue weighted by atomic mass is 10.1. The number of rotatable bonds is 3. The van der Waals surface area contributed by atoms with Gasteiger partial charge in [-0.25, -0.2) is 0 Å². The Hall–Kier alpha value is -1.86. The average molecular weight is 272 g/mol. The van der Waals surface area contributed by atoms with Gasteiger partial charge in [0.25, 0.3) is 5.91 Å². The van der Waals surface area contributed by atoms with E-state index in [4.69, 9.17) is 5.11 Å². The standard InChI is InChI=1S/C16H20N2O2/c1-2-18(14-7-3-4-8-14)16(20)15-9-10-17-12-13(15)6-5-11-19/h9-10,12,14,19H,2-4,7-8,11H2,1H3. The number of amides is 1. The summed E-state index contributed by atoms with van der Waals surface area (Å²) in [6.07, 6.45) is 7.76. The smallest absolute Gasteiger partial charge is 0.255 e. The zero-order valence-corrected chi connectivity index (χ0v) is 11.8. The third-order valence-corrected chi connectivity index (χ3v) is 3.72. The molecule has 2 rings (SSSR count). The number of hydrogen-bond donors (Lipinski definition) is 1. The van der Waals surface area contributed by atoms with Crippen LogP contribution in [-0.2, 0) is 0 Å². The van der Waals surface area contributed by atoms with Gasteiger partial charge < -0.3 is 10.0 Å². The molecule has 1 aliphatic rings. The fourth-order valence-corrected chi connectivity index (χ4v) is 2.75. The number of pyridine rings is 1. The van der Waals surface area contributed by atoms with E-state index in [2.05, 4.69) is 16.8 Å². The topological polar surface area (TPSA) is 53.4 Å². The first-order valence-electron chi connectivity index (χ1n) is 7.12. The van der Waals surface area contributed by atoms with Crippen molar-refractivity contribution in [3.8, 4) is 11.8 Å². The van der Waals surface area contributed by atoms with Crippen molar-refractivity contribution >= 4 is 5.91 Å². The predicted octanol–water partition coefficient (Wildman–Crippen LogP) is 1.83. The molecule has 0 bridgehead atoms. The van der Waals surface area contributed by atoms with Crippen molar-refractivity contribution < 1.29 is 9.90 Å². The molecule has 1 aliphatic carbocycles. The summed E-state index contributed by atoms with van der Waals surface area (Å²) in [6, 6.07) is 2.06. The molecule has 1 aromatic rings. The van der Waals surface area contributed by atoms with Gasteiger partial charge in [-0.15, -0.1) is 0 Å². The minimum absolute atomic E-state index is 0.0176. The molecule has 0 spiro atoms. The first kappa shape index (κ1) is 14.5. The molecule has 1 fully saturated rings. The first-order valence-corrected chi connectivity index (χ1v) is 7.12. The number of aromatic nitrogens is 1. The molecule has 4 nitrogen and oxygen atoms in total. The van der Waals surface area contributed by atoms with Crippen molar-refractivity contribution in [1.82, 2.24) is 9.88 Å². The lowest BCUT2D eigenvalue weighted by molar-refractivity contribution is 0.0693. The molecule has 1 amide bonds. The van der Waals surface area contributed by atoms with Gasteiger partial charge in [0.2, 0.25) is 0 Å². The molecule has 20 heavy (non-hydrogen) atoms. The molecule has 0 aromatic carbocycles. The van der Waals surface area contributed by atoms with Crippen LogP contribution in [0.2, 0.25) is 0 Å². The minimum atomic E-state index is -0.220. The van der Waals surface area contributed by atoms with Gasteiger partial charge in [0, 0.05) is 25.0 Å². The van der Waals surface area contributed by atoms with Crippen LogP contribution in [0.15, 0.2) is 18.5 Å². The van der Waals surface area contributed by atoms with E-state index < -0.39 is 0 Å². The fraction of sp³-hybridized carbons (Fsp3) is 0.500. The van der Waals surface area contributed by atoms with E-state index in [-0.39, 0.29) is 12.5 Å². The Morgan fingerprint density at radius 3 is 2.90 bits per heavy atom. The molecule has 1 heterocycles. The van der Waals surface area contributed by atoms with Crippen LogP contribution in [-0.4, -0.2) is 40.1 Å². The van der Waals surface area contributed by atoms with Gasteiger partial charge in [0.05, 0.1) is 11.1 Å². The highest BCUT2D eigenvalue weighted by molar-refractivity contribution is 5.96. The number of aliphatic hydroxyl groups excluding tert-OH is 1. The summed E-state index contributed by atoms with van der Waals surface area (Å²) >= 11 is 0. The zero-order valence-electron chi connectivity index (χ0n) is 11.8. The lowest BCUT2D eigenvalue weighted by Gasteiger charge is -2.28. The van der Waals surface area contributed by atoms with Crippen molar-refractivity contribution in [2.45, 2.75) is 38.6 Å². The van der Waals surface area contributed by atoms with E-state index in [1.165, 1.54) is 12.8 Å². The summed E-state index contributed by atoms with van der Waals surface area (Å²) in [7, 11) is 0. The van der Waals surface area contributed by atoms with Crippen molar-refractivity contribution in [2.75, 3.05) is 13.2 Å². The maximum absolute atomic E-state index is 12.7. The summed E-state index contributed by atoms with van der Waals surface area (Å²) < 4.78 is 0. The van der Waals surface area contributed by atoms with Crippen molar-refractivity contribution in [3.63, 3.8) is 0 Å². The van der Waals surface area contributed by atoms with Crippen LogP contribution >= 0.6 is 0 Å². The van der Waals surface area contributed by atoms with E-state index in [0.717, 1.165) is 12.8 Å². The summed E-state index contributed by atoms with van der Waals surface area (Å²) in [4.78, 5) is 18.7. The molecule has 0 unspecified atom stereocenters. The van der Waals surface area contributed by atoms with Crippen LogP contribution in [0.4, 0.5) is 0 Å². The molecular formula is C16H20N2O2. The summed E-state index contributed by atoms with van der Waals surface area (Å²) in [5, 5.41) is 8.80. The van der Waals surface area contributed by atoms with Gasteiger partial charge in [-0.05, 0) is 25.8 Å². The lowest BCUT2D eigenvalue weighted by Crippen LogP contribution is -2.39. The van der Waals surface area contributed by atoms with Gasteiger partial charge in [0.15, 0.2) is 0 Å². The molecule has 106 valence electrons. The maximum atomic E-state index is 12.7. The van der Waals surface area contributed by atoms with E-state index in [1.54, 1.807) is 18.5 Å². The Labute approximate surface area is 119 Å². The molecule has 0 saturated heterocycles. The molecule has 4 heteroatoms. The highest BCUT2D eigenvalue weighted by Crippen LogP contribution is 2.25. The van der Waals surface area contributed by atoms with Gasteiger partial charge in [-0.3, -0.25) is 9.78 Å². The minimum Gasteiger partial charge on any atom is -0.384 e. The Bertz CT molecular complexity index is 525. The third-order valence-electron chi connectivity index (χ3n) is 3.72. The summed E-state index contributed by atoms with van der Waals surface area (Å²) in [5.74, 6) is 5.40. The number of aliphatic hydroxyl groups is 1. The quantitative estimate of drug-likeness (QED) is 0.854. The average Bonchev–Trinajstić information content (AvgIpc) is 3.00. The van der Waals surface area contributed by atoms with Crippen LogP contribution in [0.25, 0.3) is 0 Å². The molecule has 1 aromatic heterocycles. The van der Waals surface area contributed by atoms with E-state index in [9.17, 15) is 4.79 Å². The Morgan fingerprint density at radius 1 is 1.50 bits per heavy atom. The van der Waals surface area contributed by atoms with E-state index in [0.29, 0.717) is 23.7 Å². The number of carbonyl (C=O) groups is 1. The summed E-state index contributed by atoms with van der Waals surface area (Å²) in [5.41, 5.74) is 1.16. The Balaban J connectivity index is 2.27. The van der Waals surface area contributed by atoms with Crippen LogP contribution < -0.4 is 0 Å². The van der Waals surface area contributed by atoms with Crippen molar-refractivity contribution in [1.29, 1.82) is 0 Å². The third kappa shape index (κ3) is 3.17. The highest BCUT2D eigenvalue weighted by atomic mass is 16.2. The van der Waals surface area contributed by atoms with E-state index >= 15 is 0 Å². The van der Waals surface area contributed by atoms with Gasteiger partial charge >= 0.3 is 0 Å². The second-order valence-electron chi connectivity index (χ2n) is 4.91. The molecule has 0 aliphatic heterocycles. The van der Waals surface area contributed by atoms with Crippen LogP contribution in [0.1, 0.15) is 48.5 Å². The van der Waals surface area contributed by atoms with E-state index in [1.807, 2.05) is 11.8 Å². The second kappa shape index (κ2) is 7.06. The molecule has 0 radical (unpaired) electrons. The van der Waals surface area contributed by atoms with Gasteiger partial charge in [-0.2, -0.15) is 0 Å². The largest absolute Gasteiger partial charge is 0.384 e. The maximum Gasteiger partial charge on any atom is 0.255 e. The summed E-state index contributed by atoms with van der Waals surface area (Å²) in [6.45, 7) is 2.50. The molecular weight excluding hydrogens is 252 g/mol. The Morgan fingerprint density at radius 2 is 2.25 bits per heavy atom. The normalized spacial score (nSPS) is 14.7. The van der Waals surface area contributed by atoms with Crippen molar-refractivity contribution in [3.05, 3.63) is 29.6 Å². The van der Waals surface area contributed by atoms with Crippen LogP contribution in [0.3, 0.4) is 0 Å². The number of hydrogen-bond acceptors (Lipinski definition) is 3. The van der Waals surface area contributed by atoms with Crippen LogP contribution in [0.5, 0.6) is 0 Å². The highest BCUT2D eigenvalue weighted by Gasteiger charge is 2.27. The monoisotopic (exact) mass is 272 g/mol. The second-order valence-corrected chi connectivity index (χ2v) is 4.91. The van der Waals surface area contributed by atoms with Crippen LogP contribution in [0, 0.1) is 11.8 Å². The van der Waals surface area contributed by atoms with Crippen molar-refractivity contribution in [2.24, 2.45) is 0 Å². The predicted molar refractivity (Wildman–Crippen MR) is 77.2 cm³/mol. The zero-order chi connectivity index (χ0) is 14.4. The number of carbonyl (C=O) groups excluding carboxylic acids is 1. The Kier molecular flexibility index (Phi) is 5.14. The van der Waals surface area contributed by atoms with Gasteiger partial charge in [-0.1, -0.05) is 24.7 Å². The first-order chi connectivity index (χ1) is 9.77. The number of nitrogens with zero attached hydrogens (tertiary/aromatic N) is 2. The van der Waals surface area contributed by atoms with Gasteiger partial charge in [0.1, 0.15) is 6.61 Å². The fourth-order valence-electron chi connectivity index (χ4n) is 2.75. The molecule has 1 N–H and O–H groups in total. The SMILES string of the molecule is CCN(C(=O)c1ccncc1C#CCO)C1CCCC1. The molecule has 0 atom stereocenters. The molecule has 1 saturated carbocycles.